The minimum Gasteiger partial charge on any atom is -0.341 e. The molecule has 0 aliphatic carbocycles. The monoisotopic (exact) mass is 528 g/mol. The highest BCUT2D eigenvalue weighted by Gasteiger charge is 2.54. The summed E-state index contributed by atoms with van der Waals surface area (Å²) in [5.74, 6) is -0.682. The Hall–Kier alpha value is -3.56. The van der Waals surface area contributed by atoms with Crippen molar-refractivity contribution in [2.75, 3.05) is 44.3 Å². The quantitative estimate of drug-likeness (QED) is 0.602. The highest BCUT2D eigenvalue weighted by molar-refractivity contribution is 5.97. The smallest absolute Gasteiger partial charge is 0.341 e. The van der Waals surface area contributed by atoms with Gasteiger partial charge in [0, 0.05) is 37.4 Å². The number of piperidine rings is 2. The van der Waals surface area contributed by atoms with E-state index in [0.717, 1.165) is 37.1 Å². The third-order valence-electron chi connectivity index (χ3n) is 7.93. The number of nitrogens with zero attached hydrogens (tertiary/aromatic N) is 4. The van der Waals surface area contributed by atoms with Gasteiger partial charge in [-0.15, -0.1) is 0 Å². The van der Waals surface area contributed by atoms with Gasteiger partial charge in [0.2, 0.25) is 5.91 Å². The van der Waals surface area contributed by atoms with E-state index >= 15 is 0 Å². The molecule has 10 heteroatoms. The molecule has 2 aromatic carbocycles. The van der Waals surface area contributed by atoms with E-state index in [0.29, 0.717) is 25.9 Å². The van der Waals surface area contributed by atoms with Crippen LogP contribution in [0.1, 0.15) is 48.0 Å². The Morgan fingerprint density at radius 3 is 2.18 bits per heavy atom. The third kappa shape index (κ3) is 4.96. The number of para-hydroxylation sites is 1. The lowest BCUT2D eigenvalue weighted by Crippen LogP contribution is -2.57. The summed E-state index contributed by atoms with van der Waals surface area (Å²) in [7, 11) is 0. The van der Waals surface area contributed by atoms with Crippen molar-refractivity contribution in [2.24, 2.45) is 0 Å². The van der Waals surface area contributed by atoms with Crippen molar-refractivity contribution in [3.05, 3.63) is 65.7 Å². The zero-order valence-electron chi connectivity index (χ0n) is 21.1. The molecule has 0 atom stereocenters. The molecule has 0 saturated carbocycles. The number of alkyl halides is 3. The van der Waals surface area contributed by atoms with Crippen LogP contribution < -0.4 is 4.90 Å². The molecular formula is C28H31F3N4O3. The van der Waals surface area contributed by atoms with E-state index in [-0.39, 0.29) is 43.7 Å². The first-order chi connectivity index (χ1) is 18.2. The molecule has 3 saturated heterocycles. The Labute approximate surface area is 219 Å². The summed E-state index contributed by atoms with van der Waals surface area (Å²) in [6.07, 6.45) is -0.860. The van der Waals surface area contributed by atoms with Gasteiger partial charge in [-0.3, -0.25) is 14.4 Å². The van der Waals surface area contributed by atoms with Crippen LogP contribution >= 0.6 is 0 Å². The second-order valence-corrected chi connectivity index (χ2v) is 10.3. The number of benzene rings is 2. The van der Waals surface area contributed by atoms with Crippen LogP contribution in [0.25, 0.3) is 0 Å². The van der Waals surface area contributed by atoms with Crippen LogP contribution in [0.4, 0.5) is 18.9 Å². The number of halogens is 3. The Morgan fingerprint density at radius 2 is 1.53 bits per heavy atom. The minimum atomic E-state index is -4.54. The molecule has 3 fully saturated rings. The summed E-state index contributed by atoms with van der Waals surface area (Å²) in [5, 5.41) is 0. The van der Waals surface area contributed by atoms with Crippen LogP contribution in [0, 0.1) is 0 Å². The molecule has 3 aliphatic heterocycles. The Morgan fingerprint density at radius 1 is 0.842 bits per heavy atom. The first-order valence-electron chi connectivity index (χ1n) is 13.1. The van der Waals surface area contributed by atoms with Gasteiger partial charge >= 0.3 is 6.18 Å². The summed E-state index contributed by atoms with van der Waals surface area (Å²) < 4.78 is 39.5. The lowest BCUT2D eigenvalue weighted by molar-refractivity contribution is -0.141. The van der Waals surface area contributed by atoms with Crippen molar-refractivity contribution >= 4 is 23.4 Å². The van der Waals surface area contributed by atoms with Gasteiger partial charge in [0.05, 0.1) is 12.2 Å². The van der Waals surface area contributed by atoms with Gasteiger partial charge in [-0.1, -0.05) is 24.3 Å². The van der Waals surface area contributed by atoms with Gasteiger partial charge in [-0.05, 0) is 62.4 Å². The highest BCUT2D eigenvalue weighted by Crippen LogP contribution is 2.40. The second-order valence-electron chi connectivity index (χ2n) is 10.3. The van der Waals surface area contributed by atoms with E-state index in [1.807, 2.05) is 40.1 Å². The SMILES string of the molecule is O=C(CN1CN(c2ccccc2)C2(CCN(C(=O)c3cccc(C(F)(F)F)c3)CC2)C1=O)N1CCCCC1. The van der Waals surface area contributed by atoms with E-state index in [9.17, 15) is 27.6 Å². The van der Waals surface area contributed by atoms with E-state index in [1.54, 1.807) is 4.90 Å². The fourth-order valence-electron chi connectivity index (χ4n) is 5.82. The van der Waals surface area contributed by atoms with E-state index in [1.165, 1.54) is 17.0 Å². The summed E-state index contributed by atoms with van der Waals surface area (Å²) in [5.41, 5.74) is -0.964. The van der Waals surface area contributed by atoms with Gasteiger partial charge in [0.15, 0.2) is 0 Å². The Bertz CT molecular complexity index is 1190. The first kappa shape index (κ1) is 26.1. The summed E-state index contributed by atoms with van der Waals surface area (Å²) in [4.78, 5) is 46.9. The number of likely N-dealkylation sites (tertiary alicyclic amines) is 2. The lowest BCUT2D eigenvalue weighted by atomic mass is 9.85. The number of carbonyl (C=O) groups is 3. The van der Waals surface area contributed by atoms with Crippen LogP contribution in [0.3, 0.4) is 0 Å². The van der Waals surface area contributed by atoms with Crippen molar-refractivity contribution < 1.29 is 27.6 Å². The number of hydrogen-bond acceptors (Lipinski definition) is 4. The lowest BCUT2D eigenvalue weighted by Gasteiger charge is -2.43. The number of anilines is 1. The zero-order chi connectivity index (χ0) is 26.9. The van der Waals surface area contributed by atoms with Crippen molar-refractivity contribution in [2.45, 2.75) is 43.8 Å². The summed E-state index contributed by atoms with van der Waals surface area (Å²) in [6.45, 7) is 2.14. The van der Waals surface area contributed by atoms with Crippen LogP contribution in [0.15, 0.2) is 54.6 Å². The van der Waals surface area contributed by atoms with Crippen molar-refractivity contribution in [3.8, 4) is 0 Å². The Kier molecular flexibility index (Phi) is 7.07. The molecule has 3 amide bonds. The van der Waals surface area contributed by atoms with Crippen molar-refractivity contribution in [1.82, 2.24) is 14.7 Å². The molecule has 0 aromatic heterocycles. The Balaban J connectivity index is 1.34. The number of hydrogen-bond donors (Lipinski definition) is 0. The molecule has 38 heavy (non-hydrogen) atoms. The topological polar surface area (TPSA) is 64.2 Å². The number of carbonyl (C=O) groups excluding carboxylic acids is 3. The fraction of sp³-hybridized carbons (Fsp3) is 0.464. The third-order valence-corrected chi connectivity index (χ3v) is 7.93. The molecule has 1 spiro atoms. The zero-order valence-corrected chi connectivity index (χ0v) is 21.1. The predicted octanol–water partition coefficient (Wildman–Crippen LogP) is 4.00. The largest absolute Gasteiger partial charge is 0.416 e. The molecule has 202 valence electrons. The molecule has 0 unspecified atom stereocenters. The average Bonchev–Trinajstić information content (AvgIpc) is 3.19. The normalized spacial score (nSPS) is 19.8. The van der Waals surface area contributed by atoms with Crippen LogP contribution in [-0.4, -0.2) is 77.4 Å². The molecule has 5 rings (SSSR count). The highest BCUT2D eigenvalue weighted by atomic mass is 19.4. The standard InChI is InChI=1S/C28H31F3N4O3/c29-28(30,31)22-9-7-8-21(18-22)25(37)33-16-12-27(13-17-33)26(38)34(19-24(36)32-14-5-2-6-15-32)20-35(27)23-10-3-1-4-11-23/h1,3-4,7-11,18H,2,5-6,12-17,19-20H2. The van der Waals surface area contributed by atoms with E-state index < -0.39 is 23.2 Å². The van der Waals surface area contributed by atoms with Gasteiger partial charge < -0.3 is 19.6 Å². The molecule has 2 aromatic rings. The second kappa shape index (κ2) is 10.3. The molecular weight excluding hydrogens is 497 g/mol. The summed E-state index contributed by atoms with van der Waals surface area (Å²) in [6, 6.07) is 13.9. The van der Waals surface area contributed by atoms with Crippen LogP contribution in [0.5, 0.6) is 0 Å². The maximum atomic E-state index is 13.9. The van der Waals surface area contributed by atoms with Gasteiger partial charge in [0.1, 0.15) is 12.1 Å². The fourth-order valence-corrected chi connectivity index (χ4v) is 5.82. The predicted molar refractivity (Wildman–Crippen MR) is 135 cm³/mol. The average molecular weight is 529 g/mol. The van der Waals surface area contributed by atoms with E-state index in [4.69, 9.17) is 0 Å². The van der Waals surface area contributed by atoms with Gasteiger partial charge in [-0.25, -0.2) is 0 Å². The van der Waals surface area contributed by atoms with Crippen LogP contribution in [-0.2, 0) is 15.8 Å². The van der Waals surface area contributed by atoms with Crippen molar-refractivity contribution in [1.29, 1.82) is 0 Å². The first-order valence-corrected chi connectivity index (χ1v) is 13.1. The van der Waals surface area contributed by atoms with E-state index in [2.05, 4.69) is 0 Å². The maximum Gasteiger partial charge on any atom is 0.416 e. The maximum absolute atomic E-state index is 13.9. The minimum absolute atomic E-state index is 0.0107. The summed E-state index contributed by atoms with van der Waals surface area (Å²) >= 11 is 0. The molecule has 3 heterocycles. The molecule has 0 radical (unpaired) electrons. The van der Waals surface area contributed by atoms with Gasteiger partial charge in [0.25, 0.3) is 11.8 Å². The van der Waals surface area contributed by atoms with Gasteiger partial charge in [-0.2, -0.15) is 13.2 Å². The number of amides is 3. The molecule has 7 nitrogen and oxygen atoms in total. The molecule has 0 N–H and O–H groups in total. The molecule has 3 aliphatic rings. The number of rotatable bonds is 4. The van der Waals surface area contributed by atoms with Crippen LogP contribution in [0.2, 0.25) is 0 Å². The van der Waals surface area contributed by atoms with Crippen molar-refractivity contribution in [3.63, 3.8) is 0 Å². The molecule has 0 bridgehead atoms.